The number of hydrogen-bond acceptors (Lipinski definition) is 1. The van der Waals surface area contributed by atoms with E-state index in [4.69, 9.17) is 17.3 Å². The highest BCUT2D eigenvalue weighted by atomic mass is 35.5. The van der Waals surface area contributed by atoms with Crippen molar-refractivity contribution in [2.75, 3.05) is 26.2 Å². The molecule has 0 radical (unpaired) electrons. The Morgan fingerprint density at radius 3 is 2.63 bits per heavy atom. The van der Waals surface area contributed by atoms with Gasteiger partial charge in [-0.1, -0.05) is 23.7 Å². The van der Waals surface area contributed by atoms with E-state index in [1.54, 1.807) is 4.90 Å². The molecule has 2 rings (SSSR count). The predicted octanol–water partition coefficient (Wildman–Crippen LogP) is -1.50. The second kappa shape index (κ2) is 6.37. The number of piperazine rings is 1. The Bertz CT molecular complexity index is 444. The molecule has 19 heavy (non-hydrogen) atoms. The van der Waals surface area contributed by atoms with Crippen LogP contribution in [0.2, 0.25) is 5.02 Å². The van der Waals surface area contributed by atoms with Gasteiger partial charge in [0.05, 0.1) is 0 Å². The van der Waals surface area contributed by atoms with Gasteiger partial charge in [0.2, 0.25) is 0 Å². The Balaban J connectivity index is 1.85. The van der Waals surface area contributed by atoms with E-state index in [-0.39, 0.29) is 11.9 Å². The second-order valence-corrected chi connectivity index (χ2v) is 5.78. The van der Waals surface area contributed by atoms with Gasteiger partial charge < -0.3 is 15.5 Å². The fraction of sp³-hybridized carbons (Fsp3) is 0.500. The lowest BCUT2D eigenvalue weighted by atomic mass is 10.1. The van der Waals surface area contributed by atoms with Crippen LogP contribution in [-0.4, -0.2) is 38.1 Å². The van der Waals surface area contributed by atoms with E-state index in [0.29, 0.717) is 0 Å². The van der Waals surface area contributed by atoms with E-state index in [9.17, 15) is 4.79 Å². The monoisotopic (exact) mass is 283 g/mol. The average Bonchev–Trinajstić information content (AvgIpc) is 2.39. The lowest BCUT2D eigenvalue weighted by Crippen LogP contribution is -3.29. The van der Waals surface area contributed by atoms with Crippen molar-refractivity contribution in [1.82, 2.24) is 0 Å². The molecule has 0 unspecified atom stereocenters. The van der Waals surface area contributed by atoms with Crippen LogP contribution in [-0.2, 0) is 11.3 Å². The van der Waals surface area contributed by atoms with E-state index < -0.39 is 0 Å². The Kier molecular flexibility index (Phi) is 4.80. The van der Waals surface area contributed by atoms with Gasteiger partial charge in [0.25, 0.3) is 5.91 Å². The number of rotatable bonds is 4. The first-order chi connectivity index (χ1) is 9.06. The zero-order chi connectivity index (χ0) is 13.8. The highest BCUT2D eigenvalue weighted by Gasteiger charge is 2.29. The molecule has 0 saturated carbocycles. The molecule has 1 fully saturated rings. The fourth-order valence-electron chi connectivity index (χ4n) is 2.67. The lowest BCUT2D eigenvalue weighted by molar-refractivity contribution is -1.02. The Morgan fingerprint density at radius 2 is 2.05 bits per heavy atom. The van der Waals surface area contributed by atoms with Gasteiger partial charge in [-0.2, -0.15) is 0 Å². The van der Waals surface area contributed by atoms with Crippen molar-refractivity contribution in [3.8, 4) is 0 Å². The van der Waals surface area contributed by atoms with Gasteiger partial charge in [-0.25, -0.2) is 0 Å². The molecule has 1 aromatic carbocycles. The van der Waals surface area contributed by atoms with E-state index >= 15 is 0 Å². The largest absolute Gasteiger partial charge is 0.365 e. The van der Waals surface area contributed by atoms with Crippen molar-refractivity contribution in [3.63, 3.8) is 0 Å². The standard InChI is InChI=1S/C14H20ClN3O/c1-11(14(16)19)18-7-5-17(6-8-18)10-12-3-2-4-13(15)9-12/h2-4,9,11H,5-8,10H2,1H3,(H2,16,19)/p+2/t11-/m1/s1. The quantitative estimate of drug-likeness (QED) is 0.619. The molecule has 0 aliphatic carbocycles. The third-order valence-corrected chi connectivity index (χ3v) is 4.22. The zero-order valence-corrected chi connectivity index (χ0v) is 12.0. The summed E-state index contributed by atoms with van der Waals surface area (Å²) in [7, 11) is 0. The Morgan fingerprint density at radius 1 is 1.37 bits per heavy atom. The molecule has 104 valence electrons. The molecular weight excluding hydrogens is 262 g/mol. The lowest BCUT2D eigenvalue weighted by Gasteiger charge is -2.32. The number of carbonyl (C=O) groups excluding carboxylic acids is 1. The summed E-state index contributed by atoms with van der Waals surface area (Å²) in [5, 5.41) is 0.795. The number of amides is 1. The van der Waals surface area contributed by atoms with Crippen molar-refractivity contribution in [1.29, 1.82) is 0 Å². The molecule has 0 aromatic heterocycles. The minimum Gasteiger partial charge on any atom is -0.365 e. The summed E-state index contributed by atoms with van der Waals surface area (Å²) >= 11 is 6.00. The van der Waals surface area contributed by atoms with Gasteiger partial charge in [-0.3, -0.25) is 4.79 Å². The second-order valence-electron chi connectivity index (χ2n) is 5.34. The molecule has 4 nitrogen and oxygen atoms in total. The van der Waals surface area contributed by atoms with Gasteiger partial charge in [-0.15, -0.1) is 0 Å². The summed E-state index contributed by atoms with van der Waals surface area (Å²) in [6.07, 6.45) is 0. The van der Waals surface area contributed by atoms with Crippen LogP contribution in [0.25, 0.3) is 0 Å². The molecule has 0 spiro atoms. The first kappa shape index (κ1) is 14.3. The average molecular weight is 284 g/mol. The summed E-state index contributed by atoms with van der Waals surface area (Å²) in [6, 6.07) is 7.96. The van der Waals surface area contributed by atoms with Crippen molar-refractivity contribution >= 4 is 17.5 Å². The number of halogens is 1. The highest BCUT2D eigenvalue weighted by molar-refractivity contribution is 6.30. The summed E-state index contributed by atoms with van der Waals surface area (Å²) in [6.45, 7) is 7.05. The number of carbonyl (C=O) groups is 1. The van der Waals surface area contributed by atoms with Crippen molar-refractivity contribution in [3.05, 3.63) is 34.9 Å². The molecule has 1 aromatic rings. The minimum atomic E-state index is -0.201. The van der Waals surface area contributed by atoms with E-state index in [2.05, 4.69) is 6.07 Å². The van der Waals surface area contributed by atoms with Crippen molar-refractivity contribution in [2.24, 2.45) is 5.73 Å². The first-order valence-corrected chi connectivity index (χ1v) is 7.16. The van der Waals surface area contributed by atoms with Crippen LogP contribution < -0.4 is 15.5 Å². The number of nitrogens with one attached hydrogen (secondary N) is 2. The Labute approximate surface area is 119 Å². The molecule has 1 atom stereocenters. The maximum atomic E-state index is 11.2. The van der Waals surface area contributed by atoms with E-state index in [0.717, 1.165) is 37.7 Å². The predicted molar refractivity (Wildman–Crippen MR) is 75.2 cm³/mol. The molecule has 1 aliphatic heterocycles. The maximum absolute atomic E-state index is 11.2. The Hall–Kier alpha value is -1.10. The molecule has 0 bridgehead atoms. The van der Waals surface area contributed by atoms with Crippen LogP contribution in [0.1, 0.15) is 12.5 Å². The molecular formula is C14H22ClN3O+2. The zero-order valence-electron chi connectivity index (χ0n) is 11.3. The van der Waals surface area contributed by atoms with Crippen LogP contribution in [0.4, 0.5) is 0 Å². The molecule has 1 amide bonds. The number of primary amides is 1. The summed E-state index contributed by atoms with van der Waals surface area (Å²) in [5.74, 6) is -0.201. The normalized spacial score (nSPS) is 24.9. The van der Waals surface area contributed by atoms with E-state index in [1.807, 2.05) is 25.1 Å². The summed E-state index contributed by atoms with van der Waals surface area (Å²) in [4.78, 5) is 14.0. The van der Waals surface area contributed by atoms with Gasteiger partial charge in [-0.05, 0) is 19.1 Å². The number of benzene rings is 1. The third-order valence-electron chi connectivity index (χ3n) is 3.98. The molecule has 1 aliphatic rings. The number of nitrogens with two attached hydrogens (primary N) is 1. The summed E-state index contributed by atoms with van der Waals surface area (Å²) < 4.78 is 0. The van der Waals surface area contributed by atoms with Gasteiger partial charge in [0, 0.05) is 10.6 Å². The van der Waals surface area contributed by atoms with Gasteiger partial charge >= 0.3 is 0 Å². The molecule has 4 N–H and O–H groups in total. The summed E-state index contributed by atoms with van der Waals surface area (Å²) in [5.41, 5.74) is 6.63. The van der Waals surface area contributed by atoms with Crippen LogP contribution in [0.5, 0.6) is 0 Å². The van der Waals surface area contributed by atoms with Crippen molar-refractivity contribution < 1.29 is 14.6 Å². The minimum absolute atomic E-state index is 0.0762. The highest BCUT2D eigenvalue weighted by Crippen LogP contribution is 2.09. The molecule has 5 heteroatoms. The van der Waals surface area contributed by atoms with Gasteiger partial charge in [0.15, 0.2) is 6.04 Å². The first-order valence-electron chi connectivity index (χ1n) is 6.78. The van der Waals surface area contributed by atoms with Crippen LogP contribution in [0.3, 0.4) is 0 Å². The SMILES string of the molecule is C[C@H](C(N)=O)[NH+]1CC[NH+](Cc2cccc(Cl)c2)CC1. The number of hydrogen-bond donors (Lipinski definition) is 3. The van der Waals surface area contributed by atoms with Gasteiger partial charge in [0.1, 0.15) is 32.7 Å². The van der Waals surface area contributed by atoms with E-state index in [1.165, 1.54) is 10.5 Å². The van der Waals surface area contributed by atoms with Crippen LogP contribution in [0, 0.1) is 0 Å². The van der Waals surface area contributed by atoms with Crippen molar-refractivity contribution in [2.45, 2.75) is 19.5 Å². The smallest absolute Gasteiger partial charge is 0.275 e. The third kappa shape index (κ3) is 3.93. The fourth-order valence-corrected chi connectivity index (χ4v) is 2.88. The van der Waals surface area contributed by atoms with Crippen LogP contribution in [0.15, 0.2) is 24.3 Å². The maximum Gasteiger partial charge on any atom is 0.275 e. The van der Waals surface area contributed by atoms with Crippen LogP contribution >= 0.6 is 11.6 Å². The molecule has 1 saturated heterocycles. The number of quaternary nitrogens is 2. The topological polar surface area (TPSA) is 52.0 Å². The molecule has 1 heterocycles.